The van der Waals surface area contributed by atoms with Gasteiger partial charge in [0, 0.05) is 12.7 Å². The average Bonchev–Trinajstić information content (AvgIpc) is 2.94. The third-order valence-corrected chi connectivity index (χ3v) is 2.77. The van der Waals surface area contributed by atoms with Gasteiger partial charge in [-0.05, 0) is 30.7 Å². The Morgan fingerprint density at radius 3 is 2.67 bits per heavy atom. The van der Waals surface area contributed by atoms with E-state index in [9.17, 15) is 13.6 Å². The second-order valence-electron chi connectivity index (χ2n) is 4.23. The Hall–Kier alpha value is -2.50. The monoisotopic (exact) mass is 292 g/mol. The molecular weight excluding hydrogens is 278 g/mol. The maximum Gasteiger partial charge on any atom is 0.387 e. The number of hydrogen-bond donors (Lipinski definition) is 0. The number of ketones is 1. The number of ether oxygens (including phenoxy) is 1. The van der Waals surface area contributed by atoms with Gasteiger partial charge >= 0.3 is 6.61 Å². The van der Waals surface area contributed by atoms with E-state index in [0.717, 1.165) is 0 Å². The molecular formula is C15H14F2N2O2. The Morgan fingerprint density at radius 2 is 2.10 bits per heavy atom. The van der Waals surface area contributed by atoms with E-state index in [0.29, 0.717) is 17.7 Å². The number of allylic oxidation sites excluding steroid dienone is 1. The molecule has 0 aliphatic carbocycles. The molecule has 1 aromatic heterocycles. The maximum atomic E-state index is 12.0. The zero-order valence-electron chi connectivity index (χ0n) is 11.4. The highest BCUT2D eigenvalue weighted by Gasteiger charge is 2.05. The van der Waals surface area contributed by atoms with Gasteiger partial charge in [-0.2, -0.15) is 13.9 Å². The lowest BCUT2D eigenvalue weighted by Crippen LogP contribution is -2.01. The van der Waals surface area contributed by atoms with Crippen molar-refractivity contribution in [2.75, 3.05) is 0 Å². The molecule has 2 rings (SSSR count). The van der Waals surface area contributed by atoms with Crippen LogP contribution in [0.4, 0.5) is 8.78 Å². The number of benzene rings is 1. The summed E-state index contributed by atoms with van der Waals surface area (Å²) in [5.74, 6) is -0.0831. The van der Waals surface area contributed by atoms with Crippen LogP contribution in [0.15, 0.2) is 42.7 Å². The minimum atomic E-state index is -2.84. The average molecular weight is 292 g/mol. The standard InChI is InChI=1S/C15H14F2N2O2/c1-2-19-10-12(9-18-19)14(20)8-5-11-3-6-13(7-4-11)21-15(16)17/h3-10,15H,2H2,1H3/b8-5+. The highest BCUT2D eigenvalue weighted by Crippen LogP contribution is 2.15. The number of alkyl halides is 2. The fraction of sp³-hybridized carbons (Fsp3) is 0.200. The zero-order valence-corrected chi connectivity index (χ0v) is 11.4. The summed E-state index contributed by atoms with van der Waals surface area (Å²) in [7, 11) is 0. The first-order valence-corrected chi connectivity index (χ1v) is 6.38. The van der Waals surface area contributed by atoms with Crippen molar-refractivity contribution in [3.63, 3.8) is 0 Å². The number of aromatic nitrogens is 2. The van der Waals surface area contributed by atoms with Gasteiger partial charge < -0.3 is 4.74 Å². The van der Waals surface area contributed by atoms with Crippen LogP contribution in [-0.2, 0) is 6.54 Å². The van der Waals surface area contributed by atoms with E-state index in [-0.39, 0.29) is 11.5 Å². The largest absolute Gasteiger partial charge is 0.435 e. The molecule has 4 nitrogen and oxygen atoms in total. The minimum absolute atomic E-state index is 0.0812. The number of hydrogen-bond acceptors (Lipinski definition) is 3. The SMILES string of the molecule is CCn1cc(C(=O)/C=C/c2ccc(OC(F)F)cc2)cn1. The molecule has 0 radical (unpaired) electrons. The highest BCUT2D eigenvalue weighted by molar-refractivity contribution is 6.06. The van der Waals surface area contributed by atoms with Crippen molar-refractivity contribution in [2.45, 2.75) is 20.1 Å². The van der Waals surface area contributed by atoms with Gasteiger partial charge in [0.05, 0.1) is 11.8 Å². The van der Waals surface area contributed by atoms with Gasteiger partial charge in [-0.1, -0.05) is 18.2 Å². The molecule has 2 aromatic rings. The molecule has 0 aliphatic rings. The van der Waals surface area contributed by atoms with Crippen LogP contribution in [0.1, 0.15) is 22.8 Å². The summed E-state index contributed by atoms with van der Waals surface area (Å²) in [4.78, 5) is 11.9. The summed E-state index contributed by atoms with van der Waals surface area (Å²) in [6.45, 7) is -0.217. The van der Waals surface area contributed by atoms with E-state index in [1.54, 1.807) is 29.1 Å². The van der Waals surface area contributed by atoms with Gasteiger partial charge in [0.1, 0.15) is 5.75 Å². The fourth-order valence-corrected chi connectivity index (χ4v) is 1.69. The number of nitrogens with zero attached hydrogens (tertiary/aromatic N) is 2. The topological polar surface area (TPSA) is 44.1 Å². The van der Waals surface area contributed by atoms with E-state index < -0.39 is 6.61 Å². The van der Waals surface area contributed by atoms with Gasteiger partial charge in [-0.3, -0.25) is 9.48 Å². The summed E-state index contributed by atoms with van der Waals surface area (Å²) in [6, 6.07) is 6.03. The van der Waals surface area contributed by atoms with Crippen molar-refractivity contribution in [3.05, 3.63) is 53.9 Å². The van der Waals surface area contributed by atoms with Crippen LogP contribution in [0.2, 0.25) is 0 Å². The molecule has 0 unspecified atom stereocenters. The van der Waals surface area contributed by atoms with E-state index in [1.165, 1.54) is 24.4 Å². The van der Waals surface area contributed by atoms with Crippen LogP contribution in [0.3, 0.4) is 0 Å². The van der Waals surface area contributed by atoms with E-state index >= 15 is 0 Å². The Morgan fingerprint density at radius 1 is 1.38 bits per heavy atom. The molecule has 1 heterocycles. The number of rotatable bonds is 6. The molecule has 0 saturated carbocycles. The van der Waals surface area contributed by atoms with Crippen molar-refractivity contribution in [2.24, 2.45) is 0 Å². The van der Waals surface area contributed by atoms with Crippen LogP contribution in [0.25, 0.3) is 6.08 Å². The highest BCUT2D eigenvalue weighted by atomic mass is 19.3. The quantitative estimate of drug-likeness (QED) is 0.605. The molecule has 0 aliphatic heterocycles. The first-order chi connectivity index (χ1) is 10.1. The Bertz CT molecular complexity index is 633. The summed E-state index contributed by atoms with van der Waals surface area (Å²) in [5, 5.41) is 4.02. The number of carbonyl (C=O) groups excluding carboxylic acids is 1. The van der Waals surface area contributed by atoms with Gasteiger partial charge in [0.2, 0.25) is 0 Å². The molecule has 0 bridgehead atoms. The van der Waals surface area contributed by atoms with Crippen molar-refractivity contribution >= 4 is 11.9 Å². The molecule has 0 saturated heterocycles. The Kier molecular flexibility index (Phi) is 4.81. The lowest BCUT2D eigenvalue weighted by molar-refractivity contribution is -0.0498. The predicted octanol–water partition coefficient (Wildman–Crippen LogP) is 3.40. The molecule has 110 valence electrons. The second-order valence-corrected chi connectivity index (χ2v) is 4.23. The van der Waals surface area contributed by atoms with Crippen LogP contribution in [-0.4, -0.2) is 22.2 Å². The van der Waals surface area contributed by atoms with Crippen LogP contribution in [0, 0.1) is 0 Å². The second kappa shape index (κ2) is 6.78. The number of halogens is 2. The number of aryl methyl sites for hydroxylation is 1. The first-order valence-electron chi connectivity index (χ1n) is 6.38. The van der Waals surface area contributed by atoms with Crippen LogP contribution in [0.5, 0.6) is 5.75 Å². The van der Waals surface area contributed by atoms with Crippen LogP contribution >= 0.6 is 0 Å². The first kappa shape index (κ1) is 14.9. The predicted molar refractivity (Wildman–Crippen MR) is 74.3 cm³/mol. The van der Waals surface area contributed by atoms with Gasteiger partial charge in [-0.25, -0.2) is 0 Å². The van der Waals surface area contributed by atoms with E-state index in [4.69, 9.17) is 0 Å². The smallest absolute Gasteiger partial charge is 0.387 e. The number of carbonyl (C=O) groups is 1. The summed E-state index contributed by atoms with van der Waals surface area (Å²) >= 11 is 0. The Balaban J connectivity index is 2.01. The van der Waals surface area contributed by atoms with Crippen molar-refractivity contribution in [3.8, 4) is 5.75 Å². The molecule has 0 amide bonds. The molecule has 6 heteroatoms. The molecule has 1 aromatic carbocycles. The van der Waals surface area contributed by atoms with Gasteiger partial charge in [0.25, 0.3) is 0 Å². The van der Waals surface area contributed by atoms with Crippen LogP contribution < -0.4 is 4.74 Å². The third-order valence-electron chi connectivity index (χ3n) is 2.77. The molecule has 0 atom stereocenters. The summed E-state index contributed by atoms with van der Waals surface area (Å²) in [5.41, 5.74) is 1.22. The summed E-state index contributed by atoms with van der Waals surface area (Å²) in [6.07, 6.45) is 6.21. The normalized spacial score (nSPS) is 11.2. The molecule has 0 N–H and O–H groups in total. The van der Waals surface area contributed by atoms with Crippen molar-refractivity contribution in [1.82, 2.24) is 9.78 Å². The van der Waals surface area contributed by atoms with E-state index in [2.05, 4.69) is 9.84 Å². The third kappa shape index (κ3) is 4.24. The van der Waals surface area contributed by atoms with Gasteiger partial charge in [-0.15, -0.1) is 0 Å². The minimum Gasteiger partial charge on any atom is -0.435 e. The molecule has 21 heavy (non-hydrogen) atoms. The van der Waals surface area contributed by atoms with Gasteiger partial charge in [0.15, 0.2) is 5.78 Å². The lowest BCUT2D eigenvalue weighted by atomic mass is 10.1. The lowest BCUT2D eigenvalue weighted by Gasteiger charge is -2.03. The molecule has 0 fully saturated rings. The zero-order chi connectivity index (χ0) is 15.2. The molecule has 0 spiro atoms. The maximum absolute atomic E-state index is 12.0. The fourth-order valence-electron chi connectivity index (χ4n) is 1.69. The van der Waals surface area contributed by atoms with E-state index in [1.807, 2.05) is 6.92 Å². The Labute approximate surface area is 120 Å². The van der Waals surface area contributed by atoms with Crippen molar-refractivity contribution < 1.29 is 18.3 Å². The van der Waals surface area contributed by atoms with Crippen molar-refractivity contribution in [1.29, 1.82) is 0 Å². The summed E-state index contributed by atoms with van der Waals surface area (Å²) < 4.78 is 29.9.